The van der Waals surface area contributed by atoms with E-state index in [1.54, 1.807) is 7.11 Å². The first-order valence-electron chi connectivity index (χ1n) is 4.13. The lowest BCUT2D eigenvalue weighted by Gasteiger charge is -2.17. The molecule has 1 atom stereocenters. The van der Waals surface area contributed by atoms with Crippen LogP contribution in [0.5, 0.6) is 0 Å². The maximum Gasteiger partial charge on any atom is 0.106 e. The van der Waals surface area contributed by atoms with Crippen molar-refractivity contribution >= 4 is 0 Å². The van der Waals surface area contributed by atoms with E-state index in [9.17, 15) is 0 Å². The molecule has 4 heteroatoms. The third kappa shape index (κ3) is 6.54. The van der Waals surface area contributed by atoms with Gasteiger partial charge in [0.05, 0.1) is 26.0 Å². The van der Waals surface area contributed by atoms with Crippen molar-refractivity contribution in [3.8, 4) is 0 Å². The Morgan fingerprint density at radius 1 is 1.17 bits per heavy atom. The summed E-state index contributed by atoms with van der Waals surface area (Å²) in [5.74, 6) is 0. The molecule has 74 valence electrons. The maximum absolute atomic E-state index is 5.35. The topological polar surface area (TPSA) is 53.7 Å². The Balaban J connectivity index is 3.48. The molecule has 0 radical (unpaired) electrons. The summed E-state index contributed by atoms with van der Waals surface area (Å²) in [5.41, 5.74) is 5.23. The Bertz CT molecular complexity index is 92.3. The van der Waals surface area contributed by atoms with Gasteiger partial charge in [-0.15, -0.1) is 0 Å². The molecule has 0 aromatic rings. The van der Waals surface area contributed by atoms with Crippen molar-refractivity contribution in [2.75, 3.05) is 27.1 Å². The predicted octanol–water partition coefficient (Wildman–Crippen LogP) is 0.359. The molecule has 0 spiro atoms. The highest BCUT2D eigenvalue weighted by molar-refractivity contribution is 4.54. The third-order valence-corrected chi connectivity index (χ3v) is 1.30. The van der Waals surface area contributed by atoms with Crippen LogP contribution in [0.15, 0.2) is 0 Å². The Kier molecular flexibility index (Phi) is 7.39. The third-order valence-electron chi connectivity index (χ3n) is 1.30. The molecule has 0 aliphatic rings. The summed E-state index contributed by atoms with van der Waals surface area (Å²) >= 11 is 0. The molecule has 0 bridgehead atoms. The van der Waals surface area contributed by atoms with Gasteiger partial charge in [-0.3, -0.25) is 0 Å². The minimum Gasteiger partial charge on any atom is -0.382 e. The molecule has 0 fully saturated rings. The normalized spacial score (nSPS) is 13.8. The van der Waals surface area contributed by atoms with Crippen molar-refractivity contribution < 1.29 is 14.2 Å². The summed E-state index contributed by atoms with van der Waals surface area (Å²) in [4.78, 5) is 0. The average molecular weight is 177 g/mol. The Labute approximate surface area is 74.0 Å². The van der Waals surface area contributed by atoms with E-state index in [4.69, 9.17) is 19.9 Å². The van der Waals surface area contributed by atoms with Crippen molar-refractivity contribution in [1.29, 1.82) is 0 Å². The van der Waals surface area contributed by atoms with Gasteiger partial charge in [0, 0.05) is 7.11 Å². The zero-order valence-corrected chi connectivity index (χ0v) is 8.08. The molecular formula is C8H19NO3. The van der Waals surface area contributed by atoms with Gasteiger partial charge in [0.25, 0.3) is 0 Å². The number of ether oxygens (including phenoxy) is 3. The van der Waals surface area contributed by atoms with Crippen molar-refractivity contribution in [2.24, 2.45) is 5.73 Å². The van der Waals surface area contributed by atoms with Crippen LogP contribution in [0.4, 0.5) is 0 Å². The molecule has 0 saturated heterocycles. The van der Waals surface area contributed by atoms with E-state index in [1.807, 2.05) is 13.8 Å². The Morgan fingerprint density at radius 2 is 1.83 bits per heavy atom. The molecule has 0 rings (SSSR count). The lowest BCUT2D eigenvalue weighted by molar-refractivity contribution is -0.0624. The molecule has 0 aromatic carbocycles. The quantitative estimate of drug-likeness (QED) is 0.570. The van der Waals surface area contributed by atoms with E-state index in [2.05, 4.69) is 0 Å². The van der Waals surface area contributed by atoms with Crippen LogP contribution in [-0.2, 0) is 14.2 Å². The zero-order chi connectivity index (χ0) is 9.40. The summed E-state index contributed by atoms with van der Waals surface area (Å²) < 4.78 is 15.4. The van der Waals surface area contributed by atoms with E-state index in [-0.39, 0.29) is 18.9 Å². The van der Waals surface area contributed by atoms with E-state index < -0.39 is 0 Å². The van der Waals surface area contributed by atoms with Gasteiger partial charge in [-0.05, 0) is 13.8 Å². The average Bonchev–Trinajstić information content (AvgIpc) is 2.01. The van der Waals surface area contributed by atoms with E-state index in [0.717, 1.165) is 0 Å². The first kappa shape index (κ1) is 11.8. The Morgan fingerprint density at radius 3 is 2.25 bits per heavy atom. The predicted molar refractivity (Wildman–Crippen MR) is 46.9 cm³/mol. The van der Waals surface area contributed by atoms with Gasteiger partial charge in [-0.1, -0.05) is 0 Å². The summed E-state index contributed by atoms with van der Waals surface area (Å²) in [6, 6.07) is 0. The highest BCUT2D eigenvalue weighted by Crippen LogP contribution is 1.96. The molecular weight excluding hydrogens is 158 g/mol. The number of methoxy groups -OCH3 is 1. The molecule has 0 aliphatic heterocycles. The monoisotopic (exact) mass is 177 g/mol. The largest absolute Gasteiger partial charge is 0.382 e. The fourth-order valence-electron chi connectivity index (χ4n) is 0.766. The van der Waals surface area contributed by atoms with Gasteiger partial charge in [0.2, 0.25) is 0 Å². The van der Waals surface area contributed by atoms with Gasteiger partial charge >= 0.3 is 0 Å². The van der Waals surface area contributed by atoms with Gasteiger partial charge in [-0.25, -0.2) is 0 Å². The zero-order valence-electron chi connectivity index (χ0n) is 8.08. The van der Waals surface area contributed by atoms with E-state index in [1.165, 1.54) is 0 Å². The molecule has 0 aliphatic carbocycles. The van der Waals surface area contributed by atoms with Crippen molar-refractivity contribution in [3.63, 3.8) is 0 Å². The fourth-order valence-corrected chi connectivity index (χ4v) is 0.766. The van der Waals surface area contributed by atoms with Gasteiger partial charge in [0.1, 0.15) is 6.10 Å². The van der Waals surface area contributed by atoms with Crippen LogP contribution in [0.3, 0.4) is 0 Å². The smallest absolute Gasteiger partial charge is 0.106 e. The molecule has 0 amide bonds. The van der Waals surface area contributed by atoms with Crippen LogP contribution in [0, 0.1) is 0 Å². The number of hydrogen-bond donors (Lipinski definition) is 1. The van der Waals surface area contributed by atoms with Gasteiger partial charge in [0.15, 0.2) is 0 Å². The van der Waals surface area contributed by atoms with Crippen LogP contribution >= 0.6 is 0 Å². The first-order valence-corrected chi connectivity index (χ1v) is 4.13. The highest BCUT2D eigenvalue weighted by Gasteiger charge is 2.08. The second-order valence-corrected chi connectivity index (χ2v) is 2.79. The second-order valence-electron chi connectivity index (χ2n) is 2.79. The standard InChI is InChI=1S/C8H19NO3/c1-7(2)11-5-8(4-10-3)12-6-9/h7-8H,4-6,9H2,1-3H3. The lowest BCUT2D eigenvalue weighted by atomic mass is 10.4. The summed E-state index contributed by atoms with van der Waals surface area (Å²) in [7, 11) is 1.63. The highest BCUT2D eigenvalue weighted by atomic mass is 16.6. The van der Waals surface area contributed by atoms with Crippen LogP contribution in [-0.4, -0.2) is 39.3 Å². The number of hydrogen-bond acceptors (Lipinski definition) is 4. The van der Waals surface area contributed by atoms with Crippen LogP contribution in [0.1, 0.15) is 13.8 Å². The second kappa shape index (κ2) is 7.49. The molecule has 0 saturated carbocycles. The van der Waals surface area contributed by atoms with Crippen molar-refractivity contribution in [1.82, 2.24) is 0 Å². The number of nitrogens with two attached hydrogens (primary N) is 1. The Hall–Kier alpha value is -0.160. The fraction of sp³-hybridized carbons (Fsp3) is 1.00. The summed E-state index contributed by atoms with van der Waals surface area (Å²) in [5, 5.41) is 0. The van der Waals surface area contributed by atoms with Crippen LogP contribution in [0.2, 0.25) is 0 Å². The molecule has 0 heterocycles. The molecule has 1 unspecified atom stereocenters. The minimum absolute atomic E-state index is 0.0533. The van der Waals surface area contributed by atoms with Crippen LogP contribution in [0.25, 0.3) is 0 Å². The lowest BCUT2D eigenvalue weighted by Crippen LogP contribution is -2.28. The molecule has 4 nitrogen and oxygen atoms in total. The van der Waals surface area contributed by atoms with Gasteiger partial charge in [-0.2, -0.15) is 0 Å². The number of rotatable bonds is 7. The van der Waals surface area contributed by atoms with E-state index in [0.29, 0.717) is 13.2 Å². The minimum atomic E-state index is -0.0533. The van der Waals surface area contributed by atoms with Crippen LogP contribution < -0.4 is 5.73 Å². The van der Waals surface area contributed by atoms with Gasteiger partial charge < -0.3 is 19.9 Å². The first-order chi connectivity index (χ1) is 5.70. The molecule has 0 aromatic heterocycles. The SMILES string of the molecule is COCC(COC(C)C)OCN. The van der Waals surface area contributed by atoms with E-state index >= 15 is 0 Å². The summed E-state index contributed by atoms with van der Waals surface area (Å²) in [6.45, 7) is 5.21. The maximum atomic E-state index is 5.35. The van der Waals surface area contributed by atoms with Crippen molar-refractivity contribution in [2.45, 2.75) is 26.1 Å². The summed E-state index contributed by atoms with van der Waals surface area (Å²) in [6.07, 6.45) is 0.160. The molecule has 2 N–H and O–H groups in total. The molecule has 12 heavy (non-hydrogen) atoms. The van der Waals surface area contributed by atoms with Crippen molar-refractivity contribution in [3.05, 3.63) is 0 Å².